The highest BCUT2D eigenvalue weighted by molar-refractivity contribution is 7.98. The van der Waals surface area contributed by atoms with Crippen molar-refractivity contribution in [2.75, 3.05) is 45.2 Å². The van der Waals surface area contributed by atoms with Crippen LogP contribution in [0.15, 0.2) is 42.5 Å². The van der Waals surface area contributed by atoms with Crippen molar-refractivity contribution in [2.45, 2.75) is 38.5 Å². The lowest BCUT2D eigenvalue weighted by atomic mass is 10.0. The van der Waals surface area contributed by atoms with Crippen molar-refractivity contribution >= 4 is 23.7 Å². The van der Waals surface area contributed by atoms with E-state index >= 15 is 0 Å². The number of amides is 1. The van der Waals surface area contributed by atoms with Gasteiger partial charge in [0.15, 0.2) is 0 Å². The van der Waals surface area contributed by atoms with Crippen molar-refractivity contribution in [3.05, 3.63) is 59.2 Å². The van der Waals surface area contributed by atoms with Gasteiger partial charge in [-0.25, -0.2) is 4.31 Å². The number of hydrogen-bond acceptors (Lipinski definition) is 7. The summed E-state index contributed by atoms with van der Waals surface area (Å²) in [6.07, 6.45) is 0.634. The number of methoxy groups -OCH3 is 1. The smallest absolute Gasteiger partial charge is 0.254 e. The third-order valence-electron chi connectivity index (χ3n) is 6.28. The average molecular weight is 472 g/mol. The summed E-state index contributed by atoms with van der Waals surface area (Å²) in [5.41, 5.74) is 3.76. The molecule has 0 aromatic heterocycles. The molecule has 2 fully saturated rings. The quantitative estimate of drug-likeness (QED) is 0.586. The molecule has 7 nitrogen and oxygen atoms in total. The number of aryl methyl sites for hydroxylation is 2. The molecule has 8 heteroatoms. The predicted molar refractivity (Wildman–Crippen MR) is 132 cm³/mol. The minimum absolute atomic E-state index is 0.0232. The molecule has 4 rings (SSSR count). The van der Waals surface area contributed by atoms with Crippen LogP contribution < -0.4 is 9.46 Å². The van der Waals surface area contributed by atoms with Gasteiger partial charge in [-0.15, -0.1) is 0 Å². The van der Waals surface area contributed by atoms with Crippen molar-refractivity contribution in [1.82, 2.24) is 9.21 Å². The molecule has 1 N–H and O–H groups in total. The molecule has 0 bridgehead atoms. The van der Waals surface area contributed by atoms with Gasteiger partial charge >= 0.3 is 0 Å². The molecule has 2 heterocycles. The van der Waals surface area contributed by atoms with Crippen LogP contribution >= 0.6 is 12.1 Å². The molecule has 2 aliphatic rings. The molecule has 33 heavy (non-hydrogen) atoms. The van der Waals surface area contributed by atoms with Crippen LogP contribution in [0.1, 0.15) is 27.9 Å². The van der Waals surface area contributed by atoms with Crippen molar-refractivity contribution in [3.8, 4) is 5.75 Å². The summed E-state index contributed by atoms with van der Waals surface area (Å²) in [6, 6.07) is 14.3. The maximum absolute atomic E-state index is 13.2. The monoisotopic (exact) mass is 471 g/mol. The Labute approximate surface area is 200 Å². The van der Waals surface area contributed by atoms with Crippen LogP contribution in [0.25, 0.3) is 0 Å². The SMILES string of the molecule is COC1CN(C(=O)c2cc(C)ccc2C)CC1Oc1cccc(NSN(C)C2CCOC2)c1. The largest absolute Gasteiger partial charge is 0.486 e. The fourth-order valence-corrected chi connectivity index (χ4v) is 4.89. The van der Waals surface area contributed by atoms with E-state index in [-0.39, 0.29) is 18.1 Å². The number of rotatable bonds is 8. The van der Waals surface area contributed by atoms with E-state index in [4.69, 9.17) is 14.2 Å². The number of anilines is 1. The number of ether oxygens (including phenoxy) is 3. The summed E-state index contributed by atoms with van der Waals surface area (Å²) in [6.45, 7) is 6.56. The van der Waals surface area contributed by atoms with Gasteiger partial charge in [0.2, 0.25) is 0 Å². The Hall–Kier alpha value is -2.26. The Bertz CT molecular complexity index is 966. The third-order valence-corrected chi connectivity index (χ3v) is 7.19. The first-order valence-electron chi connectivity index (χ1n) is 11.3. The molecule has 0 radical (unpaired) electrons. The lowest BCUT2D eigenvalue weighted by molar-refractivity contribution is 0.0340. The zero-order valence-corrected chi connectivity index (χ0v) is 20.6. The number of likely N-dealkylation sites (tertiary alicyclic amines) is 1. The zero-order valence-electron chi connectivity index (χ0n) is 19.7. The normalized spacial score (nSPS) is 22.7. The fourth-order valence-electron chi connectivity index (χ4n) is 4.20. The summed E-state index contributed by atoms with van der Waals surface area (Å²) >= 11 is 1.56. The van der Waals surface area contributed by atoms with Gasteiger partial charge in [0.1, 0.15) is 18.0 Å². The van der Waals surface area contributed by atoms with E-state index in [1.807, 2.05) is 61.2 Å². The van der Waals surface area contributed by atoms with Gasteiger partial charge < -0.3 is 23.8 Å². The molecular weight excluding hydrogens is 438 g/mol. The summed E-state index contributed by atoms with van der Waals surface area (Å²) < 4.78 is 23.0. The number of benzene rings is 2. The van der Waals surface area contributed by atoms with Crippen LogP contribution in [0.3, 0.4) is 0 Å². The molecule has 178 valence electrons. The van der Waals surface area contributed by atoms with E-state index in [0.717, 1.165) is 47.8 Å². The molecule has 0 spiro atoms. The highest BCUT2D eigenvalue weighted by atomic mass is 32.2. The fraction of sp³-hybridized carbons (Fsp3) is 0.480. The van der Waals surface area contributed by atoms with Crippen LogP contribution in [0.2, 0.25) is 0 Å². The van der Waals surface area contributed by atoms with E-state index in [2.05, 4.69) is 16.1 Å². The first-order valence-corrected chi connectivity index (χ1v) is 12.1. The molecule has 3 atom stereocenters. The van der Waals surface area contributed by atoms with Crippen LogP contribution in [0.4, 0.5) is 5.69 Å². The second kappa shape index (κ2) is 10.8. The number of nitrogens with one attached hydrogen (secondary N) is 1. The van der Waals surface area contributed by atoms with E-state index < -0.39 is 0 Å². The van der Waals surface area contributed by atoms with E-state index in [1.54, 1.807) is 19.2 Å². The predicted octanol–water partition coefficient (Wildman–Crippen LogP) is 3.92. The maximum atomic E-state index is 13.2. The van der Waals surface area contributed by atoms with Crippen molar-refractivity contribution < 1.29 is 19.0 Å². The number of hydrogen-bond donors (Lipinski definition) is 1. The number of likely N-dealkylation sites (N-methyl/N-ethyl adjacent to an activating group) is 1. The topological polar surface area (TPSA) is 63.3 Å². The molecule has 3 unspecified atom stereocenters. The molecule has 0 aliphatic carbocycles. The minimum atomic E-state index is -0.231. The zero-order chi connectivity index (χ0) is 23.4. The van der Waals surface area contributed by atoms with E-state index in [9.17, 15) is 4.79 Å². The Balaban J connectivity index is 1.38. The van der Waals surface area contributed by atoms with Crippen LogP contribution in [0, 0.1) is 13.8 Å². The van der Waals surface area contributed by atoms with Gasteiger partial charge in [0.05, 0.1) is 19.7 Å². The van der Waals surface area contributed by atoms with E-state index in [1.165, 1.54) is 0 Å². The number of carbonyl (C=O) groups excluding carboxylic acids is 1. The average Bonchev–Trinajstić information content (AvgIpc) is 3.49. The standard InChI is InChI=1S/C25H33N3O4S/c1-17-8-9-18(2)22(12-17)25(29)28-14-23(30-4)24(15-28)32-21-7-5-6-19(13-21)26-33-27(3)20-10-11-31-16-20/h5-9,12-13,20,23-24,26H,10-11,14-16H2,1-4H3. The first-order chi connectivity index (χ1) is 15.9. The molecule has 1 amide bonds. The van der Waals surface area contributed by atoms with Crippen molar-refractivity contribution in [3.63, 3.8) is 0 Å². The molecule has 2 aliphatic heterocycles. The molecule has 2 aromatic carbocycles. The lowest BCUT2D eigenvalue weighted by Crippen LogP contribution is -2.32. The Morgan fingerprint density at radius 3 is 2.76 bits per heavy atom. The van der Waals surface area contributed by atoms with Crippen LogP contribution in [-0.2, 0) is 9.47 Å². The van der Waals surface area contributed by atoms with Gasteiger partial charge in [0.25, 0.3) is 5.91 Å². The van der Waals surface area contributed by atoms with Gasteiger partial charge in [-0.2, -0.15) is 0 Å². The molecule has 2 aromatic rings. The summed E-state index contributed by atoms with van der Waals surface area (Å²) in [4.78, 5) is 15.0. The molecule has 2 saturated heterocycles. The van der Waals surface area contributed by atoms with Crippen molar-refractivity contribution in [2.24, 2.45) is 0 Å². The molecule has 0 saturated carbocycles. The second-order valence-corrected chi connectivity index (χ2v) is 9.71. The highest BCUT2D eigenvalue weighted by Gasteiger charge is 2.37. The van der Waals surface area contributed by atoms with Crippen molar-refractivity contribution in [1.29, 1.82) is 0 Å². The summed E-state index contributed by atoms with van der Waals surface area (Å²) in [5.74, 6) is 0.774. The Morgan fingerprint density at radius 2 is 2.00 bits per heavy atom. The van der Waals surface area contributed by atoms with Gasteiger partial charge in [-0.1, -0.05) is 23.8 Å². The first kappa shape index (κ1) is 23.9. The van der Waals surface area contributed by atoms with Gasteiger partial charge in [-0.3, -0.25) is 4.79 Å². The Kier molecular flexibility index (Phi) is 7.80. The summed E-state index contributed by atoms with van der Waals surface area (Å²) in [7, 11) is 3.74. The minimum Gasteiger partial charge on any atom is -0.486 e. The highest BCUT2D eigenvalue weighted by Crippen LogP contribution is 2.27. The third kappa shape index (κ3) is 5.81. The van der Waals surface area contributed by atoms with E-state index in [0.29, 0.717) is 19.1 Å². The van der Waals surface area contributed by atoms with Gasteiger partial charge in [-0.05, 0) is 51.1 Å². The molecular formula is C25H33N3O4S. The van der Waals surface area contributed by atoms with Gasteiger partial charge in [0, 0.05) is 49.2 Å². The maximum Gasteiger partial charge on any atom is 0.254 e. The number of nitrogens with zero attached hydrogens (tertiary/aromatic N) is 2. The lowest BCUT2D eigenvalue weighted by Gasteiger charge is -2.22. The number of carbonyl (C=O) groups is 1. The second-order valence-electron chi connectivity index (χ2n) is 8.74. The van der Waals surface area contributed by atoms with Crippen LogP contribution in [0.5, 0.6) is 5.75 Å². The van der Waals surface area contributed by atoms with Crippen LogP contribution in [-0.4, -0.2) is 73.8 Å². The Morgan fingerprint density at radius 1 is 1.18 bits per heavy atom. The summed E-state index contributed by atoms with van der Waals surface area (Å²) in [5, 5.41) is 0.